The second-order valence-corrected chi connectivity index (χ2v) is 9.29. The number of carbonyl (C=O) groups is 3. The van der Waals surface area contributed by atoms with Crippen molar-refractivity contribution >= 4 is 57.3 Å². The third kappa shape index (κ3) is 7.77. The first-order chi connectivity index (χ1) is 18.6. The minimum Gasteiger partial charge on any atom is -0.493 e. The Kier molecular flexibility index (Phi) is 10.4. The highest BCUT2D eigenvalue weighted by Gasteiger charge is 2.32. The Balaban J connectivity index is 1.71. The number of rotatable bonds is 10. The molecule has 39 heavy (non-hydrogen) atoms. The van der Waals surface area contributed by atoms with Crippen molar-refractivity contribution in [2.75, 3.05) is 20.3 Å². The molecule has 3 rings (SSSR count). The predicted molar refractivity (Wildman–Crippen MR) is 151 cm³/mol. The molecule has 0 unspecified atom stereocenters. The molecule has 1 aliphatic heterocycles. The SMILES string of the molecule is CCOC(=O)C1=C(C)NC(=S)N[C@@H]1c1ccccc1OCC(=O)NN=Cc1cc(OC)c(OC(C)=O)cc1Br. The molecule has 0 aromatic heterocycles. The van der Waals surface area contributed by atoms with E-state index in [2.05, 4.69) is 37.1 Å². The smallest absolute Gasteiger partial charge is 0.338 e. The van der Waals surface area contributed by atoms with Crippen LogP contribution in [0.3, 0.4) is 0 Å². The summed E-state index contributed by atoms with van der Waals surface area (Å²) in [6, 6.07) is 9.51. The van der Waals surface area contributed by atoms with Crippen molar-refractivity contribution in [3.8, 4) is 17.2 Å². The fourth-order valence-electron chi connectivity index (χ4n) is 3.65. The van der Waals surface area contributed by atoms with Gasteiger partial charge in [0, 0.05) is 28.2 Å². The first-order valence-electron chi connectivity index (χ1n) is 11.7. The van der Waals surface area contributed by atoms with E-state index >= 15 is 0 Å². The van der Waals surface area contributed by atoms with E-state index < -0.39 is 23.9 Å². The van der Waals surface area contributed by atoms with Gasteiger partial charge in [-0.3, -0.25) is 9.59 Å². The lowest BCUT2D eigenvalue weighted by molar-refractivity contribution is -0.139. The number of nitrogens with zero attached hydrogens (tertiary/aromatic N) is 1. The number of amides is 1. The minimum atomic E-state index is -0.641. The highest BCUT2D eigenvalue weighted by atomic mass is 79.9. The topological polar surface area (TPSA) is 137 Å². The molecule has 0 bridgehead atoms. The van der Waals surface area contributed by atoms with Crippen LogP contribution < -0.4 is 30.3 Å². The number of halogens is 1. The Labute approximate surface area is 239 Å². The fraction of sp³-hybridized carbons (Fsp3) is 0.269. The number of para-hydroxylation sites is 1. The number of hydrogen-bond acceptors (Lipinski definition) is 9. The molecule has 13 heteroatoms. The van der Waals surface area contributed by atoms with Crippen LogP contribution in [0, 0.1) is 0 Å². The minimum absolute atomic E-state index is 0.214. The van der Waals surface area contributed by atoms with Gasteiger partial charge in [0.2, 0.25) is 0 Å². The molecule has 0 fully saturated rings. The summed E-state index contributed by atoms with van der Waals surface area (Å²) in [7, 11) is 1.44. The summed E-state index contributed by atoms with van der Waals surface area (Å²) in [4.78, 5) is 36.4. The molecule has 2 aromatic rings. The van der Waals surface area contributed by atoms with Crippen molar-refractivity contribution in [3.05, 3.63) is 63.3 Å². The van der Waals surface area contributed by atoms with Crippen LogP contribution >= 0.6 is 28.1 Å². The van der Waals surface area contributed by atoms with E-state index in [1.807, 2.05) is 0 Å². The van der Waals surface area contributed by atoms with Gasteiger partial charge in [0.15, 0.2) is 23.2 Å². The lowest BCUT2D eigenvalue weighted by Gasteiger charge is -2.30. The number of hydrogen-bond donors (Lipinski definition) is 3. The van der Waals surface area contributed by atoms with Gasteiger partial charge in [-0.05, 0) is 60.2 Å². The van der Waals surface area contributed by atoms with Crippen molar-refractivity contribution in [1.29, 1.82) is 0 Å². The van der Waals surface area contributed by atoms with Crippen molar-refractivity contribution in [2.45, 2.75) is 26.8 Å². The summed E-state index contributed by atoms with van der Waals surface area (Å²) in [5.74, 6) is -0.567. The standard InChI is InChI=1S/C26H27BrN4O7S/c1-5-36-25(34)23-14(2)29-26(39)30-24(23)17-8-6-7-9-19(17)37-13-22(33)31-28-12-16-10-20(35-4)21(11-18(16)27)38-15(3)32/h6-12,24H,5,13H2,1-4H3,(H,31,33)(H2,29,30,39)/t24-/m1/s1. The van der Waals surface area contributed by atoms with Gasteiger partial charge < -0.3 is 29.6 Å². The van der Waals surface area contributed by atoms with Gasteiger partial charge in [0.25, 0.3) is 5.91 Å². The van der Waals surface area contributed by atoms with E-state index in [9.17, 15) is 14.4 Å². The maximum atomic E-state index is 12.7. The van der Waals surface area contributed by atoms with Crippen molar-refractivity contribution in [3.63, 3.8) is 0 Å². The molecule has 1 atom stereocenters. The van der Waals surface area contributed by atoms with Gasteiger partial charge in [-0.15, -0.1) is 0 Å². The van der Waals surface area contributed by atoms with Gasteiger partial charge in [0.1, 0.15) is 5.75 Å². The van der Waals surface area contributed by atoms with Gasteiger partial charge in [-0.2, -0.15) is 5.10 Å². The Morgan fingerprint density at radius 1 is 1.18 bits per heavy atom. The zero-order valence-corrected chi connectivity index (χ0v) is 24.0. The second-order valence-electron chi connectivity index (χ2n) is 8.03. The summed E-state index contributed by atoms with van der Waals surface area (Å²) in [6.45, 7) is 4.61. The van der Waals surface area contributed by atoms with Crippen LogP contribution in [0.4, 0.5) is 0 Å². The largest absolute Gasteiger partial charge is 0.493 e. The number of esters is 2. The number of thiocarbonyl (C=S) groups is 1. The third-order valence-electron chi connectivity index (χ3n) is 5.28. The zero-order chi connectivity index (χ0) is 28.5. The number of methoxy groups -OCH3 is 1. The molecule has 0 saturated carbocycles. The van der Waals surface area contributed by atoms with Gasteiger partial charge in [-0.25, -0.2) is 10.2 Å². The Morgan fingerprint density at radius 3 is 2.62 bits per heavy atom. The van der Waals surface area contributed by atoms with E-state index in [1.54, 1.807) is 50.2 Å². The van der Waals surface area contributed by atoms with Crippen molar-refractivity contribution in [1.82, 2.24) is 16.1 Å². The molecular formula is C26H27BrN4O7S. The van der Waals surface area contributed by atoms with Crippen LogP contribution in [0.2, 0.25) is 0 Å². The second kappa shape index (κ2) is 13.7. The number of ether oxygens (including phenoxy) is 4. The van der Waals surface area contributed by atoms with E-state index in [0.717, 1.165) is 0 Å². The number of benzene rings is 2. The van der Waals surface area contributed by atoms with Crippen LogP contribution in [-0.4, -0.2) is 49.5 Å². The molecule has 0 radical (unpaired) electrons. The van der Waals surface area contributed by atoms with Crippen LogP contribution in [0.15, 0.2) is 57.2 Å². The lowest BCUT2D eigenvalue weighted by atomic mass is 9.95. The van der Waals surface area contributed by atoms with Crippen LogP contribution in [0.25, 0.3) is 0 Å². The molecule has 0 spiro atoms. The summed E-state index contributed by atoms with van der Waals surface area (Å²) >= 11 is 8.67. The first kappa shape index (κ1) is 29.6. The average Bonchev–Trinajstić information content (AvgIpc) is 2.88. The molecule has 2 aromatic carbocycles. The highest BCUT2D eigenvalue weighted by molar-refractivity contribution is 9.10. The summed E-state index contributed by atoms with van der Waals surface area (Å²) in [5.41, 5.74) is 4.49. The zero-order valence-electron chi connectivity index (χ0n) is 21.6. The third-order valence-corrected chi connectivity index (χ3v) is 6.19. The van der Waals surface area contributed by atoms with Gasteiger partial charge in [0.05, 0.1) is 31.5 Å². The molecular weight excluding hydrogens is 592 g/mol. The van der Waals surface area contributed by atoms with Gasteiger partial charge >= 0.3 is 11.9 Å². The molecule has 1 aliphatic rings. The number of carbonyl (C=O) groups excluding carboxylic acids is 3. The van der Waals surface area contributed by atoms with Crippen LogP contribution in [0.1, 0.15) is 37.9 Å². The number of hydrazone groups is 1. The molecule has 206 valence electrons. The van der Waals surface area contributed by atoms with E-state index in [1.165, 1.54) is 20.2 Å². The molecule has 11 nitrogen and oxygen atoms in total. The van der Waals surface area contributed by atoms with Gasteiger partial charge in [-0.1, -0.05) is 18.2 Å². The summed E-state index contributed by atoms with van der Waals surface area (Å²) in [6.07, 6.45) is 1.40. The maximum Gasteiger partial charge on any atom is 0.338 e. The number of nitrogens with one attached hydrogen (secondary N) is 3. The Hall–Kier alpha value is -3.97. The van der Waals surface area contributed by atoms with E-state index in [4.69, 9.17) is 31.2 Å². The fourth-order valence-corrected chi connectivity index (χ4v) is 4.35. The molecule has 1 heterocycles. The van der Waals surface area contributed by atoms with E-state index in [0.29, 0.717) is 43.5 Å². The van der Waals surface area contributed by atoms with E-state index in [-0.39, 0.29) is 19.0 Å². The predicted octanol–water partition coefficient (Wildman–Crippen LogP) is 3.27. The van der Waals surface area contributed by atoms with Crippen LogP contribution in [0.5, 0.6) is 17.2 Å². The first-order valence-corrected chi connectivity index (χ1v) is 12.9. The maximum absolute atomic E-state index is 12.7. The summed E-state index contributed by atoms with van der Waals surface area (Å²) < 4.78 is 21.9. The Morgan fingerprint density at radius 2 is 1.92 bits per heavy atom. The monoisotopic (exact) mass is 618 g/mol. The number of allylic oxidation sites excluding steroid dienone is 1. The molecule has 0 aliphatic carbocycles. The Bertz CT molecular complexity index is 1350. The normalized spacial score (nSPS) is 14.8. The highest BCUT2D eigenvalue weighted by Crippen LogP contribution is 2.34. The quantitative estimate of drug-likeness (QED) is 0.120. The van der Waals surface area contributed by atoms with Crippen molar-refractivity contribution in [2.24, 2.45) is 5.10 Å². The average molecular weight is 619 g/mol. The molecule has 0 saturated heterocycles. The summed E-state index contributed by atoms with van der Waals surface area (Å²) in [5, 5.41) is 10.3. The van der Waals surface area contributed by atoms with Crippen LogP contribution in [-0.2, 0) is 19.1 Å². The lowest BCUT2D eigenvalue weighted by Crippen LogP contribution is -2.45. The van der Waals surface area contributed by atoms with Crippen molar-refractivity contribution < 1.29 is 33.3 Å². The molecule has 1 amide bonds. The molecule has 3 N–H and O–H groups in total.